The van der Waals surface area contributed by atoms with E-state index in [1.54, 1.807) is 19.2 Å². The number of carbonyl (C=O) groups excluding carboxylic acids is 5. The van der Waals surface area contributed by atoms with E-state index in [9.17, 15) is 24.0 Å². The van der Waals surface area contributed by atoms with Crippen molar-refractivity contribution >= 4 is 29.8 Å². The Morgan fingerprint density at radius 2 is 1.57 bits per heavy atom. The summed E-state index contributed by atoms with van der Waals surface area (Å²) in [6, 6.07) is 12.5. The fraction of sp³-hybridized carbons (Fsp3) is 0.561. The van der Waals surface area contributed by atoms with Gasteiger partial charge in [-0.25, -0.2) is 4.79 Å². The minimum Gasteiger partial charge on any atom is -0.462 e. The number of ether oxygens (including phenoxy) is 6. The van der Waals surface area contributed by atoms with Gasteiger partial charge < -0.3 is 33.7 Å². The number of aromatic nitrogens is 1. The summed E-state index contributed by atoms with van der Waals surface area (Å²) in [5.41, 5.74) is 0.428. The summed E-state index contributed by atoms with van der Waals surface area (Å²) in [5, 5.41) is 3.20. The Morgan fingerprint density at radius 3 is 2.17 bits per heavy atom. The van der Waals surface area contributed by atoms with Gasteiger partial charge in [0.1, 0.15) is 30.0 Å². The summed E-state index contributed by atoms with van der Waals surface area (Å²) in [6.07, 6.45) is -0.633. The zero-order chi connectivity index (χ0) is 38.9. The van der Waals surface area contributed by atoms with E-state index in [2.05, 4.69) is 10.3 Å². The van der Waals surface area contributed by atoms with Crippen molar-refractivity contribution in [2.24, 2.45) is 23.2 Å². The molecule has 3 fully saturated rings. The average molecular weight is 747 g/mol. The monoisotopic (exact) mass is 746 g/mol. The van der Waals surface area contributed by atoms with Crippen LogP contribution in [0.4, 0.5) is 0 Å². The van der Waals surface area contributed by atoms with E-state index in [4.69, 9.17) is 28.4 Å². The summed E-state index contributed by atoms with van der Waals surface area (Å²) in [7, 11) is 1.78. The highest BCUT2D eigenvalue weighted by atomic mass is 16.6. The second-order valence-electron chi connectivity index (χ2n) is 15.4. The molecule has 290 valence electrons. The van der Waals surface area contributed by atoms with Gasteiger partial charge >= 0.3 is 29.8 Å². The molecule has 13 heteroatoms. The topological polar surface area (TPSA) is 169 Å². The molecule has 2 saturated carbocycles. The van der Waals surface area contributed by atoms with Crippen LogP contribution >= 0.6 is 0 Å². The van der Waals surface area contributed by atoms with Crippen LogP contribution in [0.5, 0.6) is 0 Å². The van der Waals surface area contributed by atoms with Crippen LogP contribution in [-0.2, 0) is 47.6 Å². The lowest BCUT2D eigenvalue weighted by molar-refractivity contribution is -0.200. The molecular weight excluding hydrogens is 696 g/mol. The first-order valence-electron chi connectivity index (χ1n) is 18.6. The molecule has 2 heterocycles. The second kappa shape index (κ2) is 15.6. The number of pyridine rings is 1. The molecule has 13 nitrogen and oxygen atoms in total. The van der Waals surface area contributed by atoms with E-state index in [1.807, 2.05) is 51.1 Å². The van der Waals surface area contributed by atoms with Crippen LogP contribution in [0.3, 0.4) is 0 Å². The molecule has 1 aromatic heterocycles. The summed E-state index contributed by atoms with van der Waals surface area (Å²) in [6.45, 7) is 9.89. The third kappa shape index (κ3) is 7.66. The Balaban J connectivity index is 1.48. The fourth-order valence-corrected chi connectivity index (χ4v) is 9.47. The zero-order valence-electron chi connectivity index (χ0n) is 31.9. The SMILES string of the molecule is CN[C@@H](CC(=O)O[C@@H]1CC[C@H]2[C@H](OC(=O)c3cccnc3)[C@H](OC(C)=O)C3=C(C)[C@@H](OC(C)=O)C[C@@H]([C@H](OC(C)=O)[C@@H]2[C@]12CO2)C3(C)C)c1ccccc1. The highest BCUT2D eigenvalue weighted by Gasteiger charge is 2.71. The van der Waals surface area contributed by atoms with Gasteiger partial charge in [0.15, 0.2) is 6.10 Å². The quantitative estimate of drug-likeness (QED) is 0.152. The van der Waals surface area contributed by atoms with E-state index in [0.717, 1.165) is 5.56 Å². The highest BCUT2D eigenvalue weighted by Crippen LogP contribution is 2.61. The number of nitrogens with one attached hydrogen (secondary N) is 1. The Morgan fingerprint density at radius 1 is 0.889 bits per heavy atom. The van der Waals surface area contributed by atoms with Crippen LogP contribution in [0.15, 0.2) is 66.0 Å². The van der Waals surface area contributed by atoms with Gasteiger partial charge in [-0.15, -0.1) is 0 Å². The van der Waals surface area contributed by atoms with Crippen molar-refractivity contribution in [3.8, 4) is 0 Å². The van der Waals surface area contributed by atoms with Gasteiger partial charge in [-0.05, 0) is 67.5 Å². The van der Waals surface area contributed by atoms with Crippen molar-refractivity contribution in [3.05, 3.63) is 77.1 Å². The molecule has 1 spiro atoms. The molecule has 1 saturated heterocycles. The number of fused-ring (bicyclic) bond motifs is 4. The second-order valence-corrected chi connectivity index (χ2v) is 15.4. The van der Waals surface area contributed by atoms with Crippen molar-refractivity contribution in [2.45, 2.75) is 109 Å². The molecule has 1 aromatic carbocycles. The Hall–Kier alpha value is -4.62. The van der Waals surface area contributed by atoms with Crippen LogP contribution in [0, 0.1) is 23.2 Å². The lowest BCUT2D eigenvalue weighted by atomic mass is 9.52. The van der Waals surface area contributed by atoms with Crippen molar-refractivity contribution in [2.75, 3.05) is 13.7 Å². The van der Waals surface area contributed by atoms with E-state index in [0.29, 0.717) is 24.0 Å². The van der Waals surface area contributed by atoms with Crippen LogP contribution in [0.1, 0.15) is 89.2 Å². The smallest absolute Gasteiger partial charge is 0.340 e. The molecule has 54 heavy (non-hydrogen) atoms. The molecule has 3 aliphatic carbocycles. The van der Waals surface area contributed by atoms with Gasteiger partial charge in [0, 0.05) is 57.0 Å². The van der Waals surface area contributed by atoms with Crippen molar-refractivity contribution in [1.82, 2.24) is 10.3 Å². The maximum Gasteiger partial charge on any atom is 0.340 e. The predicted molar refractivity (Wildman–Crippen MR) is 192 cm³/mol. The Kier molecular flexibility index (Phi) is 11.3. The minimum absolute atomic E-state index is 0.0571. The number of esters is 5. The average Bonchev–Trinajstić information content (AvgIpc) is 3.91. The molecule has 4 aliphatic rings. The molecule has 10 atom stereocenters. The summed E-state index contributed by atoms with van der Waals surface area (Å²) in [4.78, 5) is 70.4. The molecule has 6 rings (SSSR count). The van der Waals surface area contributed by atoms with Crippen LogP contribution in [-0.4, -0.2) is 84.6 Å². The van der Waals surface area contributed by atoms with Crippen LogP contribution < -0.4 is 5.32 Å². The third-order valence-electron chi connectivity index (χ3n) is 11.8. The number of rotatable bonds is 10. The molecular formula is C41H50N2O11. The van der Waals surface area contributed by atoms with E-state index in [1.165, 1.54) is 33.2 Å². The number of epoxide rings is 1. The standard InChI is InChI=1S/C41H50N2O11/c1-22-31(50-23(2)44)18-29-37(51-24(3)45)35-28(15-16-32(41(35)21-49-41)53-33(47)19-30(42-7)26-12-9-8-10-13-26)36(54-39(48)27-14-11-17-43-20-27)38(52-25(4)46)34(22)40(29,5)6/h8-14,17,20,28-32,35-38,42H,15-16,18-19,21H2,1-7H3/t28-,29+,30+,31+,32-,35-,36+,37+,38-,41+/m1/s1. The molecule has 0 amide bonds. The number of hydrogen-bond acceptors (Lipinski definition) is 13. The van der Waals surface area contributed by atoms with Crippen LogP contribution in [0.25, 0.3) is 0 Å². The molecule has 0 radical (unpaired) electrons. The van der Waals surface area contributed by atoms with E-state index < -0.39 is 89.1 Å². The number of nitrogens with zero attached hydrogens (tertiary/aromatic N) is 1. The maximum atomic E-state index is 14.0. The number of carbonyl (C=O) groups is 5. The number of hydrogen-bond donors (Lipinski definition) is 1. The molecule has 1 N–H and O–H groups in total. The molecule has 2 aromatic rings. The molecule has 1 aliphatic heterocycles. The van der Waals surface area contributed by atoms with Gasteiger partial charge in [0.2, 0.25) is 0 Å². The first-order valence-corrected chi connectivity index (χ1v) is 18.6. The van der Waals surface area contributed by atoms with Gasteiger partial charge in [-0.2, -0.15) is 0 Å². The van der Waals surface area contributed by atoms with Gasteiger partial charge in [-0.1, -0.05) is 44.2 Å². The van der Waals surface area contributed by atoms with Gasteiger partial charge in [0.25, 0.3) is 0 Å². The third-order valence-corrected chi connectivity index (χ3v) is 11.8. The predicted octanol–water partition coefficient (Wildman–Crippen LogP) is 4.84. The van der Waals surface area contributed by atoms with Crippen LogP contribution in [0.2, 0.25) is 0 Å². The summed E-state index contributed by atoms with van der Waals surface area (Å²) < 4.78 is 37.5. The lowest BCUT2D eigenvalue weighted by Gasteiger charge is -2.57. The first kappa shape index (κ1) is 39.1. The summed E-state index contributed by atoms with van der Waals surface area (Å²) >= 11 is 0. The molecule has 0 unspecified atom stereocenters. The summed E-state index contributed by atoms with van der Waals surface area (Å²) in [5.74, 6) is -4.57. The fourth-order valence-electron chi connectivity index (χ4n) is 9.47. The van der Waals surface area contributed by atoms with E-state index >= 15 is 0 Å². The van der Waals surface area contributed by atoms with Gasteiger partial charge in [-0.3, -0.25) is 24.2 Å². The zero-order valence-corrected chi connectivity index (χ0v) is 31.9. The minimum atomic E-state index is -1.12. The van der Waals surface area contributed by atoms with E-state index in [-0.39, 0.29) is 31.1 Å². The van der Waals surface area contributed by atoms with Crippen molar-refractivity contribution in [3.63, 3.8) is 0 Å². The largest absolute Gasteiger partial charge is 0.462 e. The van der Waals surface area contributed by atoms with Crippen molar-refractivity contribution < 1.29 is 52.4 Å². The highest BCUT2D eigenvalue weighted by molar-refractivity contribution is 5.89. The normalized spacial score (nSPS) is 31.5. The first-order chi connectivity index (χ1) is 25.7. The molecule has 2 bridgehead atoms. The Labute approximate surface area is 315 Å². The number of benzene rings is 1. The maximum absolute atomic E-state index is 14.0. The van der Waals surface area contributed by atoms with Gasteiger partial charge in [0.05, 0.1) is 18.6 Å². The van der Waals surface area contributed by atoms with Crippen molar-refractivity contribution in [1.29, 1.82) is 0 Å². The lowest BCUT2D eigenvalue weighted by Crippen LogP contribution is -2.64. The Bertz CT molecular complexity index is 1770.